The highest BCUT2D eigenvalue weighted by Gasteiger charge is 2.28. The number of aromatic nitrogens is 2. The minimum absolute atomic E-state index is 0.0401. The summed E-state index contributed by atoms with van der Waals surface area (Å²) in [6.45, 7) is 1.33. The number of benzene rings is 2. The van der Waals surface area contributed by atoms with Gasteiger partial charge >= 0.3 is 5.97 Å². The Bertz CT molecular complexity index is 1250. The first-order valence-electron chi connectivity index (χ1n) is 9.37. The normalized spacial score (nSPS) is 11.1. The van der Waals surface area contributed by atoms with E-state index in [0.29, 0.717) is 9.36 Å². The lowest BCUT2D eigenvalue weighted by atomic mass is 10.2. The van der Waals surface area contributed by atoms with Gasteiger partial charge in [-0.2, -0.15) is 0 Å². The van der Waals surface area contributed by atoms with Crippen LogP contribution in [-0.2, 0) is 24.3 Å². The number of sulfonamides is 1. The summed E-state index contributed by atoms with van der Waals surface area (Å²) in [5, 5.41) is 10.8. The standard InChI is InChI=1S/C20H19ClN4O5S3/c1-13-6-8-16(9-7-13)33(28,29)25(15-5-3-4-14(21)10-15)11-17(26)22-19-23-24-20(32-19)31-12-18(27)30-2/h3-10H,11-12H2,1-2H3,(H,22,23,26). The molecule has 0 atom stereocenters. The van der Waals surface area contributed by atoms with Gasteiger partial charge in [0.15, 0.2) is 4.34 Å². The summed E-state index contributed by atoms with van der Waals surface area (Å²) in [7, 11) is -2.78. The number of hydrogen-bond acceptors (Lipinski definition) is 9. The van der Waals surface area contributed by atoms with Gasteiger partial charge in [0.2, 0.25) is 11.0 Å². The van der Waals surface area contributed by atoms with Crippen LogP contribution in [0.15, 0.2) is 57.8 Å². The molecule has 2 aromatic carbocycles. The monoisotopic (exact) mass is 526 g/mol. The highest BCUT2D eigenvalue weighted by Crippen LogP contribution is 2.28. The molecule has 3 aromatic rings. The van der Waals surface area contributed by atoms with Crippen LogP contribution in [0.25, 0.3) is 0 Å². The van der Waals surface area contributed by atoms with Gasteiger partial charge in [0, 0.05) is 5.02 Å². The molecule has 9 nitrogen and oxygen atoms in total. The zero-order chi connectivity index (χ0) is 24.0. The van der Waals surface area contributed by atoms with E-state index in [1.165, 1.54) is 25.3 Å². The molecule has 13 heteroatoms. The van der Waals surface area contributed by atoms with E-state index in [0.717, 1.165) is 33.0 Å². The fourth-order valence-electron chi connectivity index (χ4n) is 2.57. The minimum Gasteiger partial charge on any atom is -0.468 e. The van der Waals surface area contributed by atoms with Crippen LogP contribution in [0.1, 0.15) is 5.56 Å². The Labute approximate surface area is 204 Å². The van der Waals surface area contributed by atoms with Crippen molar-refractivity contribution in [2.45, 2.75) is 16.2 Å². The summed E-state index contributed by atoms with van der Waals surface area (Å²) in [5.74, 6) is -0.984. The van der Waals surface area contributed by atoms with Crippen molar-refractivity contribution in [3.63, 3.8) is 0 Å². The van der Waals surface area contributed by atoms with Crippen LogP contribution < -0.4 is 9.62 Å². The van der Waals surface area contributed by atoms with Crippen LogP contribution in [-0.4, -0.2) is 49.9 Å². The largest absolute Gasteiger partial charge is 0.468 e. The molecule has 1 aromatic heterocycles. The van der Waals surface area contributed by atoms with Gasteiger partial charge in [0.05, 0.1) is 23.4 Å². The third-order valence-corrected chi connectivity index (χ3v) is 8.16. The number of nitrogens with zero attached hydrogens (tertiary/aromatic N) is 3. The number of nitrogens with one attached hydrogen (secondary N) is 1. The van der Waals surface area contributed by atoms with Gasteiger partial charge in [-0.05, 0) is 37.3 Å². The molecule has 0 saturated heterocycles. The number of carbonyl (C=O) groups is 2. The Morgan fingerprint density at radius 3 is 2.58 bits per heavy atom. The number of rotatable bonds is 9. The van der Waals surface area contributed by atoms with Gasteiger partial charge in [-0.25, -0.2) is 8.42 Å². The van der Waals surface area contributed by atoms with Crippen molar-refractivity contribution in [3.05, 3.63) is 59.1 Å². The minimum atomic E-state index is -4.07. The van der Waals surface area contributed by atoms with Crippen molar-refractivity contribution in [2.75, 3.05) is 29.0 Å². The first-order valence-corrected chi connectivity index (χ1v) is 13.0. The molecule has 3 rings (SSSR count). The second-order valence-corrected chi connectivity index (χ2v) is 11.1. The molecule has 33 heavy (non-hydrogen) atoms. The molecule has 0 aliphatic rings. The fourth-order valence-corrected chi connectivity index (χ4v) is 5.77. The van der Waals surface area contributed by atoms with Gasteiger partial charge in [0.1, 0.15) is 6.54 Å². The third kappa shape index (κ3) is 6.67. The second-order valence-electron chi connectivity index (χ2n) is 6.59. The molecule has 1 amide bonds. The second kappa shape index (κ2) is 11.0. The van der Waals surface area contributed by atoms with Gasteiger partial charge < -0.3 is 4.74 Å². The Hall–Kier alpha value is -2.67. The van der Waals surface area contributed by atoms with Crippen molar-refractivity contribution in [1.82, 2.24) is 10.2 Å². The third-order valence-electron chi connectivity index (χ3n) is 4.19. The molecular weight excluding hydrogens is 508 g/mol. The Morgan fingerprint density at radius 1 is 1.18 bits per heavy atom. The van der Waals surface area contributed by atoms with Crippen LogP contribution >= 0.6 is 34.7 Å². The molecule has 0 aliphatic carbocycles. The van der Waals surface area contributed by atoms with Crippen LogP contribution in [0.4, 0.5) is 10.8 Å². The van der Waals surface area contributed by atoms with E-state index < -0.39 is 28.4 Å². The number of halogens is 1. The summed E-state index contributed by atoms with van der Waals surface area (Å²) in [6.07, 6.45) is 0. The molecule has 1 heterocycles. The van der Waals surface area contributed by atoms with Crippen molar-refractivity contribution >= 4 is 67.4 Å². The first-order chi connectivity index (χ1) is 15.7. The summed E-state index contributed by atoms with van der Waals surface area (Å²) >= 11 is 8.23. The number of anilines is 2. The Balaban J connectivity index is 1.81. The first kappa shape index (κ1) is 25.0. The zero-order valence-electron chi connectivity index (χ0n) is 17.5. The topological polar surface area (TPSA) is 119 Å². The molecule has 0 saturated carbocycles. The van der Waals surface area contributed by atoms with Crippen molar-refractivity contribution in [1.29, 1.82) is 0 Å². The summed E-state index contributed by atoms with van der Waals surface area (Å²) in [5.41, 5.74) is 1.14. The van der Waals surface area contributed by atoms with E-state index in [9.17, 15) is 18.0 Å². The molecular formula is C20H19ClN4O5S3. The smallest absolute Gasteiger partial charge is 0.316 e. The average Bonchev–Trinajstić information content (AvgIpc) is 3.23. The highest BCUT2D eigenvalue weighted by atomic mass is 35.5. The number of hydrogen-bond donors (Lipinski definition) is 1. The summed E-state index contributed by atoms with van der Waals surface area (Å²) in [6, 6.07) is 12.5. The van der Waals surface area contributed by atoms with E-state index in [-0.39, 0.29) is 21.5 Å². The average molecular weight is 527 g/mol. The lowest BCUT2D eigenvalue weighted by Gasteiger charge is -2.24. The van der Waals surface area contributed by atoms with Crippen LogP contribution in [0.5, 0.6) is 0 Å². The molecule has 0 bridgehead atoms. The molecule has 0 fully saturated rings. The van der Waals surface area contributed by atoms with Crippen LogP contribution in [0.3, 0.4) is 0 Å². The zero-order valence-corrected chi connectivity index (χ0v) is 20.7. The molecule has 174 valence electrons. The maximum atomic E-state index is 13.4. The van der Waals surface area contributed by atoms with Crippen LogP contribution in [0.2, 0.25) is 5.02 Å². The molecule has 0 aliphatic heterocycles. The van der Waals surface area contributed by atoms with Crippen molar-refractivity contribution < 1.29 is 22.7 Å². The number of carbonyl (C=O) groups excluding carboxylic acids is 2. The lowest BCUT2D eigenvalue weighted by molar-refractivity contribution is -0.137. The molecule has 0 radical (unpaired) electrons. The fraction of sp³-hybridized carbons (Fsp3) is 0.200. The maximum Gasteiger partial charge on any atom is 0.316 e. The quantitative estimate of drug-likeness (QED) is 0.255. The number of esters is 1. The SMILES string of the molecule is COC(=O)CSc1nnc(NC(=O)CN(c2cccc(Cl)c2)S(=O)(=O)c2ccc(C)cc2)s1. The Kier molecular flexibility index (Phi) is 8.30. The predicted molar refractivity (Wildman–Crippen MR) is 128 cm³/mol. The summed E-state index contributed by atoms with van der Waals surface area (Å²) in [4.78, 5) is 24.0. The number of methoxy groups -OCH3 is 1. The lowest BCUT2D eigenvalue weighted by Crippen LogP contribution is -2.38. The summed E-state index contributed by atoms with van der Waals surface area (Å²) < 4.78 is 32.7. The maximum absolute atomic E-state index is 13.4. The molecule has 0 spiro atoms. The van der Waals surface area contributed by atoms with E-state index in [1.807, 2.05) is 6.92 Å². The van der Waals surface area contributed by atoms with Gasteiger partial charge in [-0.3, -0.25) is 19.2 Å². The number of aryl methyl sites for hydroxylation is 1. The number of thioether (sulfide) groups is 1. The van der Waals surface area contributed by atoms with Crippen molar-refractivity contribution in [3.8, 4) is 0 Å². The molecule has 0 unspecified atom stereocenters. The Morgan fingerprint density at radius 2 is 1.91 bits per heavy atom. The van der Waals surface area contributed by atoms with Gasteiger partial charge in [-0.15, -0.1) is 10.2 Å². The van der Waals surface area contributed by atoms with E-state index >= 15 is 0 Å². The number of amides is 1. The predicted octanol–water partition coefficient (Wildman–Crippen LogP) is 3.60. The van der Waals surface area contributed by atoms with E-state index in [4.69, 9.17) is 11.6 Å². The molecule has 1 N–H and O–H groups in total. The van der Waals surface area contributed by atoms with Crippen LogP contribution in [0, 0.1) is 6.92 Å². The highest BCUT2D eigenvalue weighted by molar-refractivity contribution is 8.01. The van der Waals surface area contributed by atoms with Gasteiger partial charge in [-0.1, -0.05) is 58.5 Å². The van der Waals surface area contributed by atoms with E-state index in [1.54, 1.807) is 30.3 Å². The number of ether oxygens (including phenoxy) is 1. The van der Waals surface area contributed by atoms with Gasteiger partial charge in [0.25, 0.3) is 10.0 Å². The van der Waals surface area contributed by atoms with Crippen molar-refractivity contribution in [2.24, 2.45) is 0 Å². The van der Waals surface area contributed by atoms with E-state index in [2.05, 4.69) is 20.3 Å².